The van der Waals surface area contributed by atoms with Crippen molar-refractivity contribution >= 4 is 11.6 Å². The smallest absolute Gasteiger partial charge is 0.244 e. The first-order valence-corrected chi connectivity index (χ1v) is 5.80. The Kier molecular flexibility index (Phi) is 3.74. The summed E-state index contributed by atoms with van der Waals surface area (Å²) in [5.41, 5.74) is 6.04. The molecule has 0 radical (unpaired) electrons. The van der Waals surface area contributed by atoms with Crippen LogP contribution in [-0.4, -0.2) is 16.1 Å². The van der Waals surface area contributed by atoms with E-state index in [2.05, 4.69) is 5.32 Å². The molecule has 0 spiro atoms. The van der Waals surface area contributed by atoms with Gasteiger partial charge in [0.2, 0.25) is 5.91 Å². The highest BCUT2D eigenvalue weighted by Crippen LogP contribution is 2.29. The molecule has 2 aromatic carbocycles. The quantitative estimate of drug-likeness (QED) is 0.641. The maximum absolute atomic E-state index is 13.1. The molecule has 1 amide bonds. The molecule has 1 unspecified atom stereocenters. The molecule has 0 aromatic heterocycles. The van der Waals surface area contributed by atoms with E-state index in [9.17, 15) is 19.4 Å². The summed E-state index contributed by atoms with van der Waals surface area (Å²) in [4.78, 5) is 11.5. The first-order valence-electron chi connectivity index (χ1n) is 5.80. The van der Waals surface area contributed by atoms with Gasteiger partial charge in [-0.05, 0) is 35.9 Å². The average molecular weight is 276 g/mol. The molecular formula is C14H13FN2O3. The lowest BCUT2D eigenvalue weighted by atomic mass is 10.1. The molecule has 0 heterocycles. The van der Waals surface area contributed by atoms with E-state index in [-0.39, 0.29) is 11.5 Å². The van der Waals surface area contributed by atoms with Crippen LogP contribution < -0.4 is 11.1 Å². The molecule has 5 nitrogen and oxygen atoms in total. The van der Waals surface area contributed by atoms with Crippen LogP contribution >= 0.6 is 0 Å². The molecular weight excluding hydrogens is 263 g/mol. The maximum Gasteiger partial charge on any atom is 0.244 e. The molecule has 2 rings (SSSR count). The third kappa shape index (κ3) is 2.97. The highest BCUT2D eigenvalue weighted by Gasteiger charge is 2.19. The van der Waals surface area contributed by atoms with Crippen LogP contribution in [0.5, 0.6) is 11.5 Å². The van der Waals surface area contributed by atoms with E-state index in [4.69, 9.17) is 5.73 Å². The summed E-state index contributed by atoms with van der Waals surface area (Å²) < 4.78 is 13.1. The van der Waals surface area contributed by atoms with Crippen LogP contribution in [0.25, 0.3) is 0 Å². The number of carbonyl (C=O) groups is 1. The molecule has 20 heavy (non-hydrogen) atoms. The minimum Gasteiger partial charge on any atom is -0.504 e. The molecule has 0 aliphatic rings. The van der Waals surface area contributed by atoms with Crippen molar-refractivity contribution in [3.8, 4) is 11.5 Å². The zero-order chi connectivity index (χ0) is 14.7. The number of aromatic hydroxyl groups is 2. The number of carbonyl (C=O) groups excluding carboxylic acids is 1. The molecule has 104 valence electrons. The van der Waals surface area contributed by atoms with E-state index in [1.54, 1.807) is 6.07 Å². The van der Waals surface area contributed by atoms with Crippen molar-refractivity contribution in [2.75, 3.05) is 5.32 Å². The fourth-order valence-corrected chi connectivity index (χ4v) is 1.78. The first kappa shape index (κ1) is 13.7. The Morgan fingerprint density at radius 3 is 2.50 bits per heavy atom. The van der Waals surface area contributed by atoms with Crippen molar-refractivity contribution in [2.24, 2.45) is 5.73 Å². The Morgan fingerprint density at radius 2 is 1.90 bits per heavy atom. The number of anilines is 1. The molecule has 0 saturated carbocycles. The normalized spacial score (nSPS) is 11.8. The van der Waals surface area contributed by atoms with Crippen LogP contribution in [0.3, 0.4) is 0 Å². The second kappa shape index (κ2) is 5.48. The fourth-order valence-electron chi connectivity index (χ4n) is 1.78. The van der Waals surface area contributed by atoms with Crippen molar-refractivity contribution in [3.63, 3.8) is 0 Å². The molecule has 0 saturated heterocycles. The van der Waals surface area contributed by atoms with Gasteiger partial charge in [-0.2, -0.15) is 0 Å². The number of rotatable bonds is 4. The second-order valence-corrected chi connectivity index (χ2v) is 4.24. The van der Waals surface area contributed by atoms with Crippen LogP contribution in [0.4, 0.5) is 10.1 Å². The summed E-state index contributed by atoms with van der Waals surface area (Å²) in [7, 11) is 0. The molecule has 1 atom stereocenters. The lowest BCUT2D eigenvalue weighted by molar-refractivity contribution is -0.118. The molecule has 0 bridgehead atoms. The van der Waals surface area contributed by atoms with E-state index >= 15 is 0 Å². The SMILES string of the molecule is NC(=O)C(Nc1cccc(F)c1)c1ccc(O)c(O)c1. The number of phenols is 2. The number of phenolic OH excluding ortho intramolecular Hbond substituents is 2. The zero-order valence-electron chi connectivity index (χ0n) is 10.4. The Balaban J connectivity index is 2.32. The summed E-state index contributed by atoms with van der Waals surface area (Å²) in [6, 6.07) is 8.52. The number of hydrogen-bond acceptors (Lipinski definition) is 4. The number of primary amides is 1. The van der Waals surface area contributed by atoms with E-state index in [1.807, 2.05) is 0 Å². The minimum atomic E-state index is -0.955. The summed E-state index contributed by atoms with van der Waals surface area (Å²) in [5.74, 6) is -1.82. The van der Waals surface area contributed by atoms with E-state index < -0.39 is 17.8 Å². The number of nitrogens with two attached hydrogens (primary N) is 1. The molecule has 0 aliphatic carbocycles. The third-order valence-electron chi connectivity index (χ3n) is 2.75. The Labute approximate surface area is 114 Å². The van der Waals surface area contributed by atoms with Crippen molar-refractivity contribution in [2.45, 2.75) is 6.04 Å². The van der Waals surface area contributed by atoms with Crippen LogP contribution in [0.15, 0.2) is 42.5 Å². The van der Waals surface area contributed by atoms with Crippen molar-refractivity contribution < 1.29 is 19.4 Å². The Hall–Kier alpha value is -2.76. The van der Waals surface area contributed by atoms with E-state index in [0.29, 0.717) is 11.3 Å². The summed E-state index contributed by atoms with van der Waals surface area (Å²) >= 11 is 0. The number of hydrogen-bond donors (Lipinski definition) is 4. The van der Waals surface area contributed by atoms with Crippen molar-refractivity contribution in [1.29, 1.82) is 0 Å². The van der Waals surface area contributed by atoms with E-state index in [1.165, 1.54) is 36.4 Å². The van der Waals surface area contributed by atoms with Crippen LogP contribution in [0.2, 0.25) is 0 Å². The van der Waals surface area contributed by atoms with Crippen LogP contribution in [0.1, 0.15) is 11.6 Å². The second-order valence-electron chi connectivity index (χ2n) is 4.24. The number of nitrogens with one attached hydrogen (secondary N) is 1. The lowest BCUT2D eigenvalue weighted by Gasteiger charge is -2.17. The monoisotopic (exact) mass is 276 g/mol. The van der Waals surface area contributed by atoms with Crippen LogP contribution in [0, 0.1) is 5.82 Å². The maximum atomic E-state index is 13.1. The molecule has 0 fully saturated rings. The predicted molar refractivity (Wildman–Crippen MR) is 71.7 cm³/mol. The lowest BCUT2D eigenvalue weighted by Crippen LogP contribution is -2.27. The van der Waals surface area contributed by atoms with Gasteiger partial charge in [0.05, 0.1) is 0 Å². The third-order valence-corrected chi connectivity index (χ3v) is 2.75. The predicted octanol–water partition coefficient (Wildman–Crippen LogP) is 1.88. The van der Waals surface area contributed by atoms with Gasteiger partial charge in [0, 0.05) is 5.69 Å². The highest BCUT2D eigenvalue weighted by atomic mass is 19.1. The van der Waals surface area contributed by atoms with Gasteiger partial charge in [-0.15, -0.1) is 0 Å². The van der Waals surface area contributed by atoms with Gasteiger partial charge < -0.3 is 21.3 Å². The summed E-state index contributed by atoms with van der Waals surface area (Å²) in [5, 5.41) is 21.5. The molecule has 6 heteroatoms. The topological polar surface area (TPSA) is 95.6 Å². The Morgan fingerprint density at radius 1 is 1.15 bits per heavy atom. The summed E-state index contributed by atoms with van der Waals surface area (Å²) in [6.07, 6.45) is 0. The standard InChI is InChI=1S/C14H13FN2O3/c15-9-2-1-3-10(7-9)17-13(14(16)20)8-4-5-11(18)12(19)6-8/h1-7,13,17-19H,(H2,16,20). The van der Waals surface area contributed by atoms with Gasteiger partial charge in [0.25, 0.3) is 0 Å². The van der Waals surface area contributed by atoms with Gasteiger partial charge in [-0.1, -0.05) is 12.1 Å². The first-order chi connectivity index (χ1) is 9.47. The van der Waals surface area contributed by atoms with Gasteiger partial charge in [-0.25, -0.2) is 4.39 Å². The minimum absolute atomic E-state index is 0.303. The zero-order valence-corrected chi connectivity index (χ0v) is 10.4. The van der Waals surface area contributed by atoms with E-state index in [0.717, 1.165) is 0 Å². The number of benzene rings is 2. The number of amides is 1. The molecule has 0 aliphatic heterocycles. The largest absolute Gasteiger partial charge is 0.504 e. The Bertz CT molecular complexity index is 646. The van der Waals surface area contributed by atoms with Gasteiger partial charge in [0.15, 0.2) is 11.5 Å². The van der Waals surface area contributed by atoms with Gasteiger partial charge >= 0.3 is 0 Å². The van der Waals surface area contributed by atoms with Gasteiger partial charge in [-0.3, -0.25) is 4.79 Å². The molecule has 5 N–H and O–H groups in total. The molecule has 2 aromatic rings. The van der Waals surface area contributed by atoms with Crippen LogP contribution in [-0.2, 0) is 4.79 Å². The highest BCUT2D eigenvalue weighted by molar-refractivity contribution is 5.84. The van der Waals surface area contributed by atoms with Crippen molar-refractivity contribution in [1.82, 2.24) is 0 Å². The summed E-state index contributed by atoms with van der Waals surface area (Å²) in [6.45, 7) is 0. The fraction of sp³-hybridized carbons (Fsp3) is 0.0714. The van der Waals surface area contributed by atoms with Gasteiger partial charge in [0.1, 0.15) is 11.9 Å². The van der Waals surface area contributed by atoms with Crippen molar-refractivity contribution in [3.05, 3.63) is 53.8 Å². The number of halogens is 1. The average Bonchev–Trinajstić information content (AvgIpc) is 2.39.